The molecule has 106 valence electrons. The number of sulfonamides is 1. The zero-order valence-corrected chi connectivity index (χ0v) is 12.5. The Kier molecular flexibility index (Phi) is 4.19. The molecule has 0 unspecified atom stereocenters. The third-order valence-corrected chi connectivity index (χ3v) is 3.12. The van der Waals surface area contributed by atoms with E-state index in [9.17, 15) is 13.3 Å². The molecule has 7 heteroatoms. The van der Waals surface area contributed by atoms with Crippen molar-refractivity contribution in [1.82, 2.24) is 0 Å². The second-order valence-electron chi connectivity index (χ2n) is 5.29. The quantitative estimate of drug-likeness (QED) is 0.862. The first-order valence-corrected chi connectivity index (χ1v) is 7.51. The van der Waals surface area contributed by atoms with Crippen LogP contribution in [0, 0.1) is 4.91 Å². The average molecular weight is 286 g/mol. The van der Waals surface area contributed by atoms with E-state index in [-0.39, 0.29) is 22.5 Å². The molecule has 19 heavy (non-hydrogen) atoms. The molecule has 0 aliphatic rings. The Hall–Kier alpha value is -1.63. The number of anilines is 1. The smallest absolute Gasteiger partial charge is 0.229 e. The molecule has 0 heterocycles. The number of methoxy groups -OCH3 is 1. The molecule has 0 amide bonds. The Morgan fingerprint density at radius 2 is 1.84 bits per heavy atom. The standard InChI is InChI=1S/C12H18N2O4S/c1-12(2,3)8-6-9(13-15)11(18-4)10(7-8)14-19(5,16)17/h6-7,14H,1-5H3. The number of nitrogens with zero attached hydrogens (tertiary/aromatic N) is 1. The summed E-state index contributed by atoms with van der Waals surface area (Å²) >= 11 is 0. The van der Waals surface area contributed by atoms with Gasteiger partial charge in [-0.05, 0) is 28.3 Å². The van der Waals surface area contributed by atoms with Gasteiger partial charge in [-0.1, -0.05) is 20.8 Å². The molecular formula is C12H18N2O4S. The van der Waals surface area contributed by atoms with Gasteiger partial charge in [0.25, 0.3) is 0 Å². The minimum absolute atomic E-state index is 0.0704. The van der Waals surface area contributed by atoms with E-state index in [1.807, 2.05) is 20.8 Å². The lowest BCUT2D eigenvalue weighted by Crippen LogP contribution is -2.14. The first kappa shape index (κ1) is 15.4. The zero-order valence-electron chi connectivity index (χ0n) is 11.6. The molecule has 0 bridgehead atoms. The lowest BCUT2D eigenvalue weighted by Gasteiger charge is -2.22. The summed E-state index contributed by atoms with van der Waals surface area (Å²) in [7, 11) is -2.12. The van der Waals surface area contributed by atoms with E-state index in [0.717, 1.165) is 11.8 Å². The highest BCUT2D eigenvalue weighted by atomic mass is 32.2. The molecule has 0 aromatic heterocycles. The number of rotatable bonds is 4. The van der Waals surface area contributed by atoms with Gasteiger partial charge >= 0.3 is 0 Å². The number of nitrogens with one attached hydrogen (secondary N) is 1. The number of ether oxygens (including phenoxy) is 1. The molecule has 1 aromatic carbocycles. The number of hydrogen-bond donors (Lipinski definition) is 1. The van der Waals surface area contributed by atoms with Crippen molar-refractivity contribution in [2.75, 3.05) is 18.1 Å². The van der Waals surface area contributed by atoms with Crippen LogP contribution in [0.25, 0.3) is 0 Å². The molecule has 0 atom stereocenters. The molecule has 0 spiro atoms. The Labute approximate surface area is 113 Å². The van der Waals surface area contributed by atoms with Crippen LogP contribution in [0.3, 0.4) is 0 Å². The summed E-state index contributed by atoms with van der Waals surface area (Å²) < 4.78 is 30.1. The third-order valence-electron chi connectivity index (χ3n) is 2.53. The highest BCUT2D eigenvalue weighted by Gasteiger charge is 2.21. The van der Waals surface area contributed by atoms with E-state index < -0.39 is 10.0 Å². The van der Waals surface area contributed by atoms with Gasteiger partial charge in [0.05, 0.1) is 19.1 Å². The van der Waals surface area contributed by atoms with Crippen LogP contribution < -0.4 is 9.46 Å². The molecule has 1 rings (SSSR count). The molecule has 6 nitrogen and oxygen atoms in total. The summed E-state index contributed by atoms with van der Waals surface area (Å²) in [6.45, 7) is 5.86. The fourth-order valence-electron chi connectivity index (χ4n) is 1.60. The maximum atomic E-state index is 11.4. The molecule has 0 saturated heterocycles. The van der Waals surface area contributed by atoms with E-state index in [4.69, 9.17) is 4.74 Å². The molecular weight excluding hydrogens is 268 g/mol. The maximum Gasteiger partial charge on any atom is 0.229 e. The van der Waals surface area contributed by atoms with Crippen molar-refractivity contribution < 1.29 is 13.2 Å². The predicted octanol–water partition coefficient (Wildman–Crippen LogP) is 2.76. The molecule has 0 aliphatic carbocycles. The van der Waals surface area contributed by atoms with Crippen LogP contribution in [0.1, 0.15) is 26.3 Å². The first-order chi connectivity index (χ1) is 8.58. The SMILES string of the molecule is COc1c(N=O)cc(C(C)(C)C)cc1NS(C)(=O)=O. The summed E-state index contributed by atoms with van der Waals surface area (Å²) in [4.78, 5) is 10.9. The summed E-state index contributed by atoms with van der Waals surface area (Å²) in [5.74, 6) is 0.119. The average Bonchev–Trinajstić information content (AvgIpc) is 2.24. The topological polar surface area (TPSA) is 84.8 Å². The summed E-state index contributed by atoms with van der Waals surface area (Å²) in [6.07, 6.45) is 1.03. The van der Waals surface area contributed by atoms with Gasteiger partial charge in [0.2, 0.25) is 10.0 Å². The minimum Gasteiger partial charge on any atom is -0.492 e. The van der Waals surface area contributed by atoms with Crippen LogP contribution in [-0.4, -0.2) is 21.8 Å². The second-order valence-corrected chi connectivity index (χ2v) is 7.04. The van der Waals surface area contributed by atoms with Gasteiger partial charge in [0, 0.05) is 0 Å². The van der Waals surface area contributed by atoms with Crippen molar-refractivity contribution in [2.45, 2.75) is 26.2 Å². The van der Waals surface area contributed by atoms with Crippen LogP contribution in [0.2, 0.25) is 0 Å². The van der Waals surface area contributed by atoms with Crippen LogP contribution in [-0.2, 0) is 15.4 Å². The minimum atomic E-state index is -3.47. The molecule has 1 aromatic rings. The second kappa shape index (κ2) is 5.16. The largest absolute Gasteiger partial charge is 0.492 e. The fraction of sp³-hybridized carbons (Fsp3) is 0.500. The number of nitroso groups, excluding NO2 is 1. The normalized spacial score (nSPS) is 12.1. The highest BCUT2D eigenvalue weighted by Crippen LogP contribution is 2.40. The monoisotopic (exact) mass is 286 g/mol. The van der Waals surface area contributed by atoms with Crippen LogP contribution >= 0.6 is 0 Å². The number of hydrogen-bond acceptors (Lipinski definition) is 5. The van der Waals surface area contributed by atoms with E-state index in [1.165, 1.54) is 7.11 Å². The van der Waals surface area contributed by atoms with Gasteiger partial charge in [-0.15, -0.1) is 4.91 Å². The Morgan fingerprint density at radius 1 is 1.26 bits per heavy atom. The van der Waals surface area contributed by atoms with Crippen molar-refractivity contribution in [3.63, 3.8) is 0 Å². The Balaban J connectivity index is 3.53. The van der Waals surface area contributed by atoms with Crippen molar-refractivity contribution >= 4 is 21.4 Å². The van der Waals surface area contributed by atoms with Gasteiger partial charge in [-0.25, -0.2) is 8.42 Å². The molecule has 1 N–H and O–H groups in total. The number of benzene rings is 1. The van der Waals surface area contributed by atoms with Gasteiger partial charge in [-0.3, -0.25) is 4.72 Å². The maximum absolute atomic E-state index is 11.4. The molecule has 0 fully saturated rings. The van der Waals surface area contributed by atoms with E-state index >= 15 is 0 Å². The molecule has 0 saturated carbocycles. The van der Waals surface area contributed by atoms with E-state index in [0.29, 0.717) is 0 Å². The first-order valence-electron chi connectivity index (χ1n) is 5.62. The molecule has 0 radical (unpaired) electrons. The lowest BCUT2D eigenvalue weighted by atomic mass is 9.86. The summed E-state index contributed by atoms with van der Waals surface area (Å²) in [6, 6.07) is 3.24. The Morgan fingerprint density at radius 3 is 2.21 bits per heavy atom. The van der Waals surface area contributed by atoms with Crippen LogP contribution in [0.15, 0.2) is 17.3 Å². The highest BCUT2D eigenvalue weighted by molar-refractivity contribution is 7.92. The molecule has 0 aliphatic heterocycles. The van der Waals surface area contributed by atoms with Gasteiger partial charge in [0.15, 0.2) is 11.4 Å². The lowest BCUT2D eigenvalue weighted by molar-refractivity contribution is 0.417. The predicted molar refractivity (Wildman–Crippen MR) is 75.6 cm³/mol. The van der Waals surface area contributed by atoms with Crippen molar-refractivity contribution in [1.29, 1.82) is 0 Å². The van der Waals surface area contributed by atoms with E-state index in [1.54, 1.807) is 12.1 Å². The van der Waals surface area contributed by atoms with Crippen molar-refractivity contribution in [3.8, 4) is 5.75 Å². The van der Waals surface area contributed by atoms with Crippen molar-refractivity contribution in [3.05, 3.63) is 22.6 Å². The summed E-state index contributed by atoms with van der Waals surface area (Å²) in [5.41, 5.74) is 0.821. The van der Waals surface area contributed by atoms with Crippen molar-refractivity contribution in [2.24, 2.45) is 5.18 Å². The summed E-state index contributed by atoms with van der Waals surface area (Å²) in [5, 5.41) is 2.90. The zero-order chi connectivity index (χ0) is 14.8. The van der Waals surface area contributed by atoms with Gasteiger partial charge in [0.1, 0.15) is 0 Å². The third kappa shape index (κ3) is 3.92. The van der Waals surface area contributed by atoms with E-state index in [2.05, 4.69) is 9.90 Å². The van der Waals surface area contributed by atoms with Gasteiger partial charge < -0.3 is 4.74 Å². The van der Waals surface area contributed by atoms with Crippen LogP contribution in [0.5, 0.6) is 5.75 Å². The van der Waals surface area contributed by atoms with Gasteiger partial charge in [-0.2, -0.15) is 0 Å². The fourth-order valence-corrected chi connectivity index (χ4v) is 2.16. The van der Waals surface area contributed by atoms with Crippen LogP contribution in [0.4, 0.5) is 11.4 Å². The Bertz CT molecular complexity index is 588.